The Hall–Kier alpha value is -2.41. The van der Waals surface area contributed by atoms with Gasteiger partial charge in [-0.1, -0.05) is 30.3 Å². The molecule has 1 unspecified atom stereocenters. The molecule has 114 valence electrons. The van der Waals surface area contributed by atoms with Gasteiger partial charge in [0, 0.05) is 12.5 Å². The zero-order valence-corrected chi connectivity index (χ0v) is 11.7. The second kappa shape index (κ2) is 8.01. The SMILES string of the molecule is NC(=O)CN(CC(N)=O)C(=O)CCC(N)c1ccccc1. The maximum absolute atomic E-state index is 12.0. The molecule has 0 aliphatic heterocycles. The fraction of sp³-hybridized carbons (Fsp3) is 0.357. The third kappa shape index (κ3) is 6.05. The molecule has 3 amide bonds. The van der Waals surface area contributed by atoms with Crippen molar-refractivity contribution in [3.63, 3.8) is 0 Å². The summed E-state index contributed by atoms with van der Waals surface area (Å²) < 4.78 is 0. The van der Waals surface area contributed by atoms with E-state index in [1.54, 1.807) is 0 Å². The Bertz CT molecular complexity index is 488. The van der Waals surface area contributed by atoms with Gasteiger partial charge in [0.25, 0.3) is 0 Å². The Morgan fingerprint density at radius 2 is 1.52 bits per heavy atom. The smallest absolute Gasteiger partial charge is 0.237 e. The first-order valence-corrected chi connectivity index (χ1v) is 6.55. The molecule has 1 rings (SSSR count). The summed E-state index contributed by atoms with van der Waals surface area (Å²) in [6.45, 7) is -0.662. The molecule has 0 aliphatic rings. The molecule has 0 saturated carbocycles. The van der Waals surface area contributed by atoms with Gasteiger partial charge in [-0.2, -0.15) is 0 Å². The zero-order valence-electron chi connectivity index (χ0n) is 11.7. The third-order valence-electron chi connectivity index (χ3n) is 2.94. The highest BCUT2D eigenvalue weighted by Crippen LogP contribution is 2.15. The summed E-state index contributed by atoms with van der Waals surface area (Å²) >= 11 is 0. The number of primary amides is 2. The van der Waals surface area contributed by atoms with Gasteiger partial charge in [-0.3, -0.25) is 14.4 Å². The Morgan fingerprint density at radius 3 is 2.00 bits per heavy atom. The maximum Gasteiger partial charge on any atom is 0.237 e. The average molecular weight is 292 g/mol. The molecule has 1 atom stereocenters. The number of carbonyl (C=O) groups excluding carboxylic acids is 3. The van der Waals surface area contributed by atoms with Crippen molar-refractivity contribution in [3.05, 3.63) is 35.9 Å². The highest BCUT2D eigenvalue weighted by atomic mass is 16.2. The summed E-state index contributed by atoms with van der Waals surface area (Å²) in [6.07, 6.45) is 0.507. The lowest BCUT2D eigenvalue weighted by molar-refractivity contribution is -0.138. The Morgan fingerprint density at radius 1 is 1.00 bits per heavy atom. The van der Waals surface area contributed by atoms with E-state index in [4.69, 9.17) is 17.2 Å². The lowest BCUT2D eigenvalue weighted by atomic mass is 10.0. The Labute approximate surface area is 123 Å². The predicted octanol–water partition coefficient (Wildman–Crippen LogP) is -0.734. The molecule has 1 aromatic carbocycles. The van der Waals surface area contributed by atoms with E-state index in [1.165, 1.54) is 0 Å². The van der Waals surface area contributed by atoms with Crippen LogP contribution in [0.1, 0.15) is 24.4 Å². The topological polar surface area (TPSA) is 133 Å². The molecular formula is C14H20N4O3. The number of amides is 3. The van der Waals surface area contributed by atoms with Gasteiger partial charge in [-0.15, -0.1) is 0 Å². The Kier molecular flexibility index (Phi) is 6.35. The molecule has 0 heterocycles. The van der Waals surface area contributed by atoms with Gasteiger partial charge in [-0.25, -0.2) is 0 Å². The van der Waals surface area contributed by atoms with Crippen LogP contribution in [0.4, 0.5) is 0 Å². The number of nitrogens with zero attached hydrogens (tertiary/aromatic N) is 1. The maximum atomic E-state index is 12.0. The number of hydrogen-bond acceptors (Lipinski definition) is 4. The molecule has 7 nitrogen and oxygen atoms in total. The van der Waals surface area contributed by atoms with Crippen molar-refractivity contribution in [1.29, 1.82) is 0 Å². The van der Waals surface area contributed by atoms with Crippen LogP contribution in [0.3, 0.4) is 0 Å². The average Bonchev–Trinajstić information content (AvgIpc) is 2.43. The molecular weight excluding hydrogens is 272 g/mol. The van der Waals surface area contributed by atoms with Gasteiger partial charge < -0.3 is 22.1 Å². The van der Waals surface area contributed by atoms with Crippen LogP contribution in [0.25, 0.3) is 0 Å². The molecule has 0 radical (unpaired) electrons. The normalized spacial score (nSPS) is 11.7. The van der Waals surface area contributed by atoms with E-state index < -0.39 is 11.8 Å². The highest BCUT2D eigenvalue weighted by molar-refractivity contribution is 5.88. The van der Waals surface area contributed by atoms with Crippen molar-refractivity contribution in [2.75, 3.05) is 13.1 Å². The third-order valence-corrected chi connectivity index (χ3v) is 2.94. The molecule has 7 heteroatoms. The molecule has 1 aromatic rings. The van der Waals surface area contributed by atoms with Crippen LogP contribution in [0.15, 0.2) is 30.3 Å². The molecule has 0 spiro atoms. The van der Waals surface area contributed by atoms with Gasteiger partial charge in [0.1, 0.15) is 0 Å². The first kappa shape index (κ1) is 16.6. The van der Waals surface area contributed by atoms with Crippen LogP contribution >= 0.6 is 0 Å². The van der Waals surface area contributed by atoms with Crippen LogP contribution in [0.5, 0.6) is 0 Å². The van der Waals surface area contributed by atoms with E-state index in [0.717, 1.165) is 10.5 Å². The largest absolute Gasteiger partial charge is 0.368 e. The lowest BCUT2D eigenvalue weighted by Crippen LogP contribution is -2.43. The minimum atomic E-state index is -0.697. The second-order valence-corrected chi connectivity index (χ2v) is 4.74. The number of hydrogen-bond donors (Lipinski definition) is 3. The van der Waals surface area contributed by atoms with E-state index in [1.807, 2.05) is 30.3 Å². The van der Waals surface area contributed by atoms with Crippen LogP contribution in [-0.4, -0.2) is 35.7 Å². The van der Waals surface area contributed by atoms with E-state index in [2.05, 4.69) is 0 Å². The molecule has 0 bridgehead atoms. The summed E-state index contributed by atoms with van der Waals surface area (Å²) in [5, 5.41) is 0. The zero-order chi connectivity index (χ0) is 15.8. The van der Waals surface area contributed by atoms with Gasteiger partial charge in [-0.05, 0) is 12.0 Å². The summed E-state index contributed by atoms with van der Waals surface area (Å²) in [5.74, 6) is -1.77. The number of rotatable bonds is 8. The number of nitrogens with two attached hydrogens (primary N) is 3. The van der Waals surface area contributed by atoms with Crippen LogP contribution in [-0.2, 0) is 14.4 Å². The summed E-state index contributed by atoms with van der Waals surface area (Å²) in [6, 6.07) is 9.06. The quantitative estimate of drug-likeness (QED) is 0.582. The molecule has 0 saturated heterocycles. The first-order chi connectivity index (χ1) is 9.90. The van der Waals surface area contributed by atoms with E-state index in [-0.39, 0.29) is 31.5 Å². The van der Waals surface area contributed by atoms with Crippen molar-refractivity contribution < 1.29 is 14.4 Å². The van der Waals surface area contributed by atoms with Gasteiger partial charge in [0.15, 0.2) is 0 Å². The van der Waals surface area contributed by atoms with Gasteiger partial charge in [0.05, 0.1) is 13.1 Å². The predicted molar refractivity (Wildman–Crippen MR) is 77.6 cm³/mol. The first-order valence-electron chi connectivity index (χ1n) is 6.55. The van der Waals surface area contributed by atoms with Crippen LogP contribution in [0, 0.1) is 0 Å². The van der Waals surface area contributed by atoms with Crippen molar-refractivity contribution in [3.8, 4) is 0 Å². The van der Waals surface area contributed by atoms with Crippen molar-refractivity contribution in [2.45, 2.75) is 18.9 Å². The van der Waals surface area contributed by atoms with Crippen molar-refractivity contribution >= 4 is 17.7 Å². The van der Waals surface area contributed by atoms with Gasteiger partial charge >= 0.3 is 0 Å². The summed E-state index contributed by atoms with van der Waals surface area (Å²) in [7, 11) is 0. The number of benzene rings is 1. The molecule has 0 aromatic heterocycles. The lowest BCUT2D eigenvalue weighted by Gasteiger charge is -2.20. The van der Waals surface area contributed by atoms with E-state index >= 15 is 0 Å². The second-order valence-electron chi connectivity index (χ2n) is 4.74. The number of carbonyl (C=O) groups is 3. The standard InChI is InChI=1S/C14H20N4O3/c15-11(10-4-2-1-3-5-10)6-7-14(21)18(8-12(16)19)9-13(17)20/h1-5,11H,6-9,15H2,(H2,16,19)(H2,17,20). The molecule has 0 aliphatic carbocycles. The minimum Gasteiger partial charge on any atom is -0.368 e. The molecule has 6 N–H and O–H groups in total. The fourth-order valence-electron chi connectivity index (χ4n) is 1.91. The highest BCUT2D eigenvalue weighted by Gasteiger charge is 2.19. The molecule has 0 fully saturated rings. The minimum absolute atomic E-state index is 0.108. The van der Waals surface area contributed by atoms with Crippen molar-refractivity contribution in [2.24, 2.45) is 17.2 Å². The fourth-order valence-corrected chi connectivity index (χ4v) is 1.91. The van der Waals surface area contributed by atoms with E-state index in [9.17, 15) is 14.4 Å². The summed E-state index contributed by atoms with van der Waals surface area (Å²) in [5.41, 5.74) is 17.0. The summed E-state index contributed by atoms with van der Waals surface area (Å²) in [4.78, 5) is 34.9. The van der Waals surface area contributed by atoms with Crippen LogP contribution < -0.4 is 17.2 Å². The monoisotopic (exact) mass is 292 g/mol. The van der Waals surface area contributed by atoms with E-state index in [0.29, 0.717) is 6.42 Å². The van der Waals surface area contributed by atoms with Crippen molar-refractivity contribution in [1.82, 2.24) is 4.90 Å². The molecule has 21 heavy (non-hydrogen) atoms. The Balaban J connectivity index is 2.56. The van der Waals surface area contributed by atoms with Crippen LogP contribution in [0.2, 0.25) is 0 Å². The van der Waals surface area contributed by atoms with Gasteiger partial charge in [0.2, 0.25) is 17.7 Å².